The molecular formula is C20H23N3O5. The average molecular weight is 385 g/mol. The number of amides is 1. The fourth-order valence-electron chi connectivity index (χ4n) is 3.52. The van der Waals surface area contributed by atoms with Gasteiger partial charge in [-0.3, -0.25) is 19.8 Å². The Bertz CT molecular complexity index is 853. The highest BCUT2D eigenvalue weighted by Crippen LogP contribution is 2.38. The van der Waals surface area contributed by atoms with E-state index in [0.717, 1.165) is 36.4 Å². The lowest BCUT2D eigenvalue weighted by atomic mass is 10.0. The number of non-ortho nitro benzene ring substituents is 1. The van der Waals surface area contributed by atoms with E-state index in [1.807, 2.05) is 18.2 Å². The molecule has 0 unspecified atom stereocenters. The molecule has 8 heteroatoms. The molecule has 0 saturated carbocycles. The lowest BCUT2D eigenvalue weighted by molar-refractivity contribution is -0.384. The van der Waals surface area contributed by atoms with Gasteiger partial charge < -0.3 is 14.8 Å². The molecule has 28 heavy (non-hydrogen) atoms. The lowest BCUT2D eigenvalue weighted by Gasteiger charge is -2.26. The minimum absolute atomic E-state index is 0.0114. The first-order chi connectivity index (χ1) is 13.5. The zero-order valence-electron chi connectivity index (χ0n) is 15.9. The molecule has 148 valence electrons. The van der Waals surface area contributed by atoms with Crippen LogP contribution in [-0.2, 0) is 4.79 Å². The second kappa shape index (κ2) is 8.71. The van der Waals surface area contributed by atoms with Gasteiger partial charge in [-0.15, -0.1) is 0 Å². The van der Waals surface area contributed by atoms with E-state index in [9.17, 15) is 14.9 Å². The van der Waals surface area contributed by atoms with Crippen LogP contribution in [-0.4, -0.2) is 43.0 Å². The summed E-state index contributed by atoms with van der Waals surface area (Å²) in [6.45, 7) is 1.03. The lowest BCUT2D eigenvalue weighted by Crippen LogP contribution is -2.33. The molecule has 0 radical (unpaired) electrons. The molecule has 0 aliphatic carbocycles. The molecule has 0 aromatic heterocycles. The highest BCUT2D eigenvalue weighted by atomic mass is 16.6. The van der Waals surface area contributed by atoms with Crippen molar-refractivity contribution >= 4 is 17.3 Å². The number of rotatable bonds is 7. The molecule has 1 N–H and O–H groups in total. The third kappa shape index (κ3) is 4.40. The molecule has 1 fully saturated rings. The number of nitrogens with one attached hydrogen (secondary N) is 1. The van der Waals surface area contributed by atoms with Crippen molar-refractivity contribution in [3.05, 3.63) is 58.1 Å². The smallest absolute Gasteiger partial charge is 0.269 e. The average Bonchev–Trinajstić information content (AvgIpc) is 3.15. The van der Waals surface area contributed by atoms with Gasteiger partial charge in [-0.2, -0.15) is 0 Å². The monoisotopic (exact) mass is 385 g/mol. The van der Waals surface area contributed by atoms with Gasteiger partial charge in [0.1, 0.15) is 11.5 Å². The van der Waals surface area contributed by atoms with Gasteiger partial charge >= 0.3 is 0 Å². The molecule has 8 nitrogen and oxygen atoms in total. The third-order valence-corrected chi connectivity index (χ3v) is 4.87. The van der Waals surface area contributed by atoms with Gasteiger partial charge in [0, 0.05) is 29.4 Å². The molecular weight excluding hydrogens is 362 g/mol. The van der Waals surface area contributed by atoms with Crippen LogP contribution in [0.4, 0.5) is 11.4 Å². The third-order valence-electron chi connectivity index (χ3n) is 4.87. The molecule has 1 saturated heterocycles. The summed E-state index contributed by atoms with van der Waals surface area (Å²) in [5.74, 6) is 1.36. The van der Waals surface area contributed by atoms with Crippen molar-refractivity contribution in [3.63, 3.8) is 0 Å². The number of hydrogen-bond acceptors (Lipinski definition) is 6. The Morgan fingerprint density at radius 1 is 1.21 bits per heavy atom. The van der Waals surface area contributed by atoms with Crippen molar-refractivity contribution < 1.29 is 19.2 Å². The second-order valence-electron chi connectivity index (χ2n) is 6.59. The summed E-state index contributed by atoms with van der Waals surface area (Å²) in [6, 6.07) is 11.5. The number of anilines is 1. The molecule has 1 aliphatic heterocycles. The number of likely N-dealkylation sites (tertiary alicyclic amines) is 1. The van der Waals surface area contributed by atoms with Crippen molar-refractivity contribution in [1.29, 1.82) is 0 Å². The zero-order valence-corrected chi connectivity index (χ0v) is 15.9. The summed E-state index contributed by atoms with van der Waals surface area (Å²) in [7, 11) is 3.25. The quantitative estimate of drug-likeness (QED) is 0.580. The Balaban J connectivity index is 1.69. The van der Waals surface area contributed by atoms with Crippen molar-refractivity contribution in [2.45, 2.75) is 18.9 Å². The Kier molecular flexibility index (Phi) is 6.10. The van der Waals surface area contributed by atoms with Crippen LogP contribution >= 0.6 is 0 Å². The molecule has 2 aromatic carbocycles. The summed E-state index contributed by atoms with van der Waals surface area (Å²) >= 11 is 0. The normalized spacial score (nSPS) is 16.6. The maximum Gasteiger partial charge on any atom is 0.269 e. The van der Waals surface area contributed by atoms with E-state index in [2.05, 4.69) is 10.2 Å². The molecule has 1 aliphatic rings. The summed E-state index contributed by atoms with van der Waals surface area (Å²) in [5.41, 5.74) is 1.52. The van der Waals surface area contributed by atoms with Crippen molar-refractivity contribution in [2.75, 3.05) is 32.6 Å². The minimum Gasteiger partial charge on any atom is -0.497 e. The first kappa shape index (κ1) is 19.6. The predicted octanol–water partition coefficient (Wildman–Crippen LogP) is 3.39. The van der Waals surface area contributed by atoms with Gasteiger partial charge in [0.05, 0.1) is 25.7 Å². The summed E-state index contributed by atoms with van der Waals surface area (Å²) in [6.07, 6.45) is 1.91. The van der Waals surface area contributed by atoms with Gasteiger partial charge in [0.2, 0.25) is 5.91 Å². The van der Waals surface area contributed by atoms with E-state index in [0.29, 0.717) is 5.69 Å². The minimum atomic E-state index is -0.470. The number of carbonyl (C=O) groups excluding carboxylic acids is 1. The number of hydrogen-bond donors (Lipinski definition) is 1. The van der Waals surface area contributed by atoms with E-state index < -0.39 is 4.92 Å². The number of nitro benzene ring substituents is 1. The van der Waals surface area contributed by atoms with Crippen LogP contribution in [0.1, 0.15) is 24.4 Å². The molecule has 1 atom stereocenters. The Hall–Kier alpha value is -3.13. The SMILES string of the molecule is COc1ccc(OC)c([C@@H]2CCCN2CC(=O)Nc2ccc([N+](=O)[O-])cc2)c1. The highest BCUT2D eigenvalue weighted by Gasteiger charge is 2.30. The molecule has 0 bridgehead atoms. The maximum atomic E-state index is 12.5. The van der Waals surface area contributed by atoms with Crippen LogP contribution in [0.5, 0.6) is 11.5 Å². The largest absolute Gasteiger partial charge is 0.497 e. The molecule has 2 aromatic rings. The number of ether oxygens (including phenoxy) is 2. The summed E-state index contributed by atoms with van der Waals surface area (Å²) in [5, 5.41) is 13.5. The van der Waals surface area contributed by atoms with Gasteiger partial charge in [-0.25, -0.2) is 0 Å². The number of methoxy groups -OCH3 is 2. The Morgan fingerprint density at radius 3 is 2.61 bits per heavy atom. The van der Waals surface area contributed by atoms with Gasteiger partial charge in [0.15, 0.2) is 0 Å². The number of carbonyl (C=O) groups is 1. The van der Waals surface area contributed by atoms with Gasteiger partial charge in [-0.05, 0) is 49.7 Å². The number of nitrogens with zero attached hydrogens (tertiary/aromatic N) is 2. The fraction of sp³-hybridized carbons (Fsp3) is 0.350. The molecule has 3 rings (SSSR count). The van der Waals surface area contributed by atoms with Crippen molar-refractivity contribution in [1.82, 2.24) is 4.90 Å². The molecule has 0 spiro atoms. The van der Waals surface area contributed by atoms with E-state index in [1.54, 1.807) is 14.2 Å². The van der Waals surface area contributed by atoms with Crippen LogP contribution in [0.25, 0.3) is 0 Å². The first-order valence-corrected chi connectivity index (χ1v) is 9.02. The van der Waals surface area contributed by atoms with Crippen LogP contribution < -0.4 is 14.8 Å². The Morgan fingerprint density at radius 2 is 1.96 bits per heavy atom. The van der Waals surface area contributed by atoms with Crippen LogP contribution in [0.3, 0.4) is 0 Å². The predicted molar refractivity (Wildman–Crippen MR) is 105 cm³/mol. The highest BCUT2D eigenvalue weighted by molar-refractivity contribution is 5.92. The van der Waals surface area contributed by atoms with E-state index in [-0.39, 0.29) is 24.2 Å². The number of benzene rings is 2. The number of nitro groups is 1. The van der Waals surface area contributed by atoms with E-state index in [4.69, 9.17) is 9.47 Å². The zero-order chi connectivity index (χ0) is 20.1. The summed E-state index contributed by atoms with van der Waals surface area (Å²) in [4.78, 5) is 24.9. The topological polar surface area (TPSA) is 93.9 Å². The van der Waals surface area contributed by atoms with E-state index in [1.165, 1.54) is 24.3 Å². The van der Waals surface area contributed by atoms with Crippen molar-refractivity contribution in [2.24, 2.45) is 0 Å². The van der Waals surface area contributed by atoms with Gasteiger partial charge in [0.25, 0.3) is 5.69 Å². The Labute approximate surface area is 163 Å². The molecule has 1 heterocycles. The fourth-order valence-corrected chi connectivity index (χ4v) is 3.52. The van der Waals surface area contributed by atoms with Crippen LogP contribution in [0, 0.1) is 10.1 Å². The van der Waals surface area contributed by atoms with Gasteiger partial charge in [-0.1, -0.05) is 0 Å². The van der Waals surface area contributed by atoms with Crippen LogP contribution in [0.2, 0.25) is 0 Å². The van der Waals surface area contributed by atoms with E-state index >= 15 is 0 Å². The summed E-state index contributed by atoms with van der Waals surface area (Å²) < 4.78 is 10.8. The maximum absolute atomic E-state index is 12.5. The van der Waals surface area contributed by atoms with Crippen molar-refractivity contribution in [3.8, 4) is 11.5 Å². The van der Waals surface area contributed by atoms with Crippen LogP contribution in [0.15, 0.2) is 42.5 Å². The second-order valence-corrected chi connectivity index (χ2v) is 6.59. The standard InChI is InChI=1S/C20H23N3O5/c1-27-16-9-10-19(28-2)17(12-16)18-4-3-11-22(18)13-20(24)21-14-5-7-15(8-6-14)23(25)26/h5-10,12,18H,3-4,11,13H2,1-2H3,(H,21,24)/t18-/m0/s1. The molecule has 1 amide bonds. The first-order valence-electron chi connectivity index (χ1n) is 9.02.